The van der Waals surface area contributed by atoms with Gasteiger partial charge < -0.3 is 10.0 Å². The summed E-state index contributed by atoms with van der Waals surface area (Å²) in [5.74, 6) is 0. The van der Waals surface area contributed by atoms with Crippen LogP contribution in [0.15, 0.2) is 30.3 Å². The number of hydrogen-bond acceptors (Lipinski definition) is 2. The van der Waals surface area contributed by atoms with E-state index < -0.39 is 7.12 Å². The largest absolute Gasteiger partial charge is 0.488 e. The van der Waals surface area contributed by atoms with Crippen LogP contribution in [0.5, 0.6) is 0 Å². The van der Waals surface area contributed by atoms with E-state index in [9.17, 15) is 0 Å². The molecule has 15 heavy (non-hydrogen) atoms. The number of rotatable bonds is 1. The quantitative estimate of drug-likeness (QED) is 0.659. The summed E-state index contributed by atoms with van der Waals surface area (Å²) >= 11 is 0. The van der Waals surface area contributed by atoms with Gasteiger partial charge in [-0.2, -0.15) is 0 Å². The van der Waals surface area contributed by atoms with Crippen LogP contribution in [0.2, 0.25) is 0 Å². The summed E-state index contributed by atoms with van der Waals surface area (Å²) in [4.78, 5) is 0. The summed E-state index contributed by atoms with van der Waals surface area (Å²) in [5.41, 5.74) is 3.34. The Bertz CT molecular complexity index is 534. The lowest BCUT2D eigenvalue weighted by atomic mass is 9.77. The van der Waals surface area contributed by atoms with Crippen molar-refractivity contribution in [3.63, 3.8) is 0 Å². The topological polar surface area (TPSA) is 40.5 Å². The molecule has 3 rings (SSSR count). The van der Waals surface area contributed by atoms with Gasteiger partial charge >= 0.3 is 7.12 Å². The number of hydrogen-bond donors (Lipinski definition) is 2. The Hall–Kier alpha value is -1.32. The number of benzene rings is 2. The van der Waals surface area contributed by atoms with Crippen LogP contribution in [0.3, 0.4) is 0 Å². The van der Waals surface area contributed by atoms with Gasteiger partial charge in [-0.25, -0.2) is 0 Å². The zero-order valence-electron chi connectivity index (χ0n) is 8.27. The summed E-state index contributed by atoms with van der Waals surface area (Å²) in [6.45, 7) is 0. The Morgan fingerprint density at radius 3 is 2.47 bits per heavy atom. The van der Waals surface area contributed by atoms with Crippen molar-refractivity contribution < 1.29 is 10.0 Å². The molecule has 0 radical (unpaired) electrons. The molecule has 0 aromatic heterocycles. The molecule has 0 bridgehead atoms. The first kappa shape index (κ1) is 8.95. The Kier molecular flexibility index (Phi) is 1.84. The zero-order chi connectivity index (χ0) is 10.4. The van der Waals surface area contributed by atoms with E-state index in [-0.39, 0.29) is 0 Å². The average molecular weight is 198 g/mol. The monoisotopic (exact) mass is 198 g/mol. The predicted molar refractivity (Wildman–Crippen MR) is 61.2 cm³/mol. The summed E-state index contributed by atoms with van der Waals surface area (Å²) < 4.78 is 0. The molecule has 0 saturated heterocycles. The minimum Gasteiger partial charge on any atom is -0.423 e. The van der Waals surface area contributed by atoms with E-state index >= 15 is 0 Å². The maximum Gasteiger partial charge on any atom is 0.488 e. The Labute approximate surface area is 88.3 Å². The van der Waals surface area contributed by atoms with Gasteiger partial charge in [0.1, 0.15) is 0 Å². The van der Waals surface area contributed by atoms with Gasteiger partial charge in [-0.15, -0.1) is 0 Å². The molecule has 0 atom stereocenters. The van der Waals surface area contributed by atoms with Crippen LogP contribution in [0.1, 0.15) is 11.1 Å². The molecule has 1 aliphatic rings. The molecular formula is C12H11BO2. The molecule has 0 spiro atoms. The molecule has 0 unspecified atom stereocenters. The molecule has 2 nitrogen and oxygen atoms in total. The average Bonchev–Trinajstić information content (AvgIpc) is 2.17. The Morgan fingerprint density at radius 2 is 1.80 bits per heavy atom. The van der Waals surface area contributed by atoms with E-state index in [1.807, 2.05) is 12.1 Å². The maximum atomic E-state index is 9.12. The van der Waals surface area contributed by atoms with E-state index in [4.69, 9.17) is 10.0 Å². The van der Waals surface area contributed by atoms with Crippen molar-refractivity contribution >= 4 is 23.4 Å². The fourth-order valence-corrected chi connectivity index (χ4v) is 2.22. The van der Waals surface area contributed by atoms with Gasteiger partial charge in [-0.05, 0) is 40.2 Å². The molecule has 2 aromatic rings. The van der Waals surface area contributed by atoms with Crippen LogP contribution in [-0.4, -0.2) is 17.2 Å². The highest BCUT2D eigenvalue weighted by atomic mass is 16.4. The third-order valence-electron chi connectivity index (χ3n) is 3.20. The first-order chi connectivity index (χ1) is 7.25. The minimum atomic E-state index is -1.37. The highest BCUT2D eigenvalue weighted by Gasteiger charge is 2.18. The van der Waals surface area contributed by atoms with Crippen LogP contribution in [0.25, 0.3) is 10.8 Å². The van der Waals surface area contributed by atoms with Crippen molar-refractivity contribution in [1.82, 2.24) is 0 Å². The maximum absolute atomic E-state index is 9.12. The molecule has 3 heteroatoms. The fraction of sp³-hybridized carbons (Fsp3) is 0.167. The van der Waals surface area contributed by atoms with Gasteiger partial charge in [0.05, 0.1) is 0 Å². The molecule has 0 amide bonds. The third kappa shape index (κ3) is 1.28. The van der Waals surface area contributed by atoms with E-state index in [0.29, 0.717) is 5.46 Å². The van der Waals surface area contributed by atoms with E-state index in [1.165, 1.54) is 21.9 Å². The molecule has 2 aromatic carbocycles. The van der Waals surface area contributed by atoms with Gasteiger partial charge in [0.25, 0.3) is 0 Å². The van der Waals surface area contributed by atoms with Crippen LogP contribution in [-0.2, 0) is 12.8 Å². The second-order valence-electron chi connectivity index (χ2n) is 4.06. The third-order valence-corrected chi connectivity index (χ3v) is 3.20. The van der Waals surface area contributed by atoms with Gasteiger partial charge in [0, 0.05) is 0 Å². The highest BCUT2D eigenvalue weighted by molar-refractivity contribution is 6.58. The first-order valence-corrected chi connectivity index (χ1v) is 5.16. The fourth-order valence-electron chi connectivity index (χ4n) is 2.22. The van der Waals surface area contributed by atoms with E-state index in [1.54, 1.807) is 6.07 Å². The summed E-state index contributed by atoms with van der Waals surface area (Å²) in [6.07, 6.45) is 2.26. The minimum absolute atomic E-state index is 0.572. The Balaban J connectivity index is 2.29. The smallest absolute Gasteiger partial charge is 0.423 e. The summed E-state index contributed by atoms with van der Waals surface area (Å²) in [7, 11) is -1.37. The lowest BCUT2D eigenvalue weighted by Crippen LogP contribution is -2.29. The molecule has 0 fully saturated rings. The van der Waals surface area contributed by atoms with Gasteiger partial charge in [-0.3, -0.25) is 0 Å². The number of aryl methyl sites for hydroxylation is 2. The second kappa shape index (κ2) is 3.09. The molecule has 2 N–H and O–H groups in total. The molecule has 0 aliphatic heterocycles. The zero-order valence-corrected chi connectivity index (χ0v) is 8.27. The van der Waals surface area contributed by atoms with Gasteiger partial charge in [-0.1, -0.05) is 30.3 Å². The van der Waals surface area contributed by atoms with Crippen LogP contribution in [0.4, 0.5) is 0 Å². The second-order valence-corrected chi connectivity index (χ2v) is 4.06. The highest BCUT2D eigenvalue weighted by Crippen LogP contribution is 2.30. The van der Waals surface area contributed by atoms with Crippen molar-refractivity contribution in [1.29, 1.82) is 0 Å². The summed E-state index contributed by atoms with van der Waals surface area (Å²) in [6, 6.07) is 9.86. The van der Waals surface area contributed by atoms with Gasteiger partial charge in [0.15, 0.2) is 0 Å². The van der Waals surface area contributed by atoms with E-state index in [0.717, 1.165) is 12.8 Å². The van der Waals surface area contributed by atoms with Gasteiger partial charge in [0.2, 0.25) is 0 Å². The van der Waals surface area contributed by atoms with Crippen molar-refractivity contribution in [2.24, 2.45) is 0 Å². The Morgan fingerprint density at radius 1 is 1.00 bits per heavy atom. The first-order valence-electron chi connectivity index (χ1n) is 5.16. The lowest BCUT2D eigenvalue weighted by molar-refractivity contribution is 0.426. The predicted octanol–water partition coefficient (Wildman–Crippen LogP) is 0.618. The standard InChI is InChI=1S/C12H11BO2/c14-13(15)10-5-3-9-2-1-8-4-6-11(8)12(9)7-10/h1-3,5,7,14-15H,4,6H2. The SMILES string of the molecule is OB(O)c1ccc2ccc3c(c2c1)CC3. The molecule has 0 saturated carbocycles. The molecule has 0 heterocycles. The lowest BCUT2D eigenvalue weighted by Gasteiger charge is -2.21. The molecule has 74 valence electrons. The van der Waals surface area contributed by atoms with E-state index in [2.05, 4.69) is 12.1 Å². The van der Waals surface area contributed by atoms with Crippen molar-refractivity contribution in [3.05, 3.63) is 41.5 Å². The van der Waals surface area contributed by atoms with Crippen LogP contribution < -0.4 is 5.46 Å². The van der Waals surface area contributed by atoms with Crippen LogP contribution >= 0.6 is 0 Å². The van der Waals surface area contributed by atoms with Crippen molar-refractivity contribution in [3.8, 4) is 0 Å². The van der Waals surface area contributed by atoms with Crippen LogP contribution in [0, 0.1) is 0 Å². The van der Waals surface area contributed by atoms with Crippen molar-refractivity contribution in [2.45, 2.75) is 12.8 Å². The summed E-state index contributed by atoms with van der Waals surface area (Å²) in [5, 5.41) is 20.6. The molecular weight excluding hydrogens is 187 g/mol. The van der Waals surface area contributed by atoms with Crippen molar-refractivity contribution in [2.75, 3.05) is 0 Å². The molecule has 1 aliphatic carbocycles. The number of fused-ring (bicyclic) bond motifs is 3. The normalized spacial score (nSPS) is 13.5.